The molecule has 0 bridgehead atoms. The molecule has 1 N–H and O–H groups in total. The van der Waals surface area contributed by atoms with Gasteiger partial charge in [-0.25, -0.2) is 0 Å². The summed E-state index contributed by atoms with van der Waals surface area (Å²) < 4.78 is 4.92. The molecular weight excluding hydrogens is 544 g/mol. The van der Waals surface area contributed by atoms with Crippen molar-refractivity contribution < 1.29 is 19.4 Å². The van der Waals surface area contributed by atoms with Crippen molar-refractivity contribution in [1.29, 1.82) is 0 Å². The molecule has 1 unspecified atom stereocenters. The summed E-state index contributed by atoms with van der Waals surface area (Å²) in [5.74, 6) is -0.758. The molecule has 0 aromatic rings. The highest BCUT2D eigenvalue weighted by molar-refractivity contribution is 5.69. The van der Waals surface area contributed by atoms with Crippen LogP contribution in [0.2, 0.25) is 0 Å². The van der Waals surface area contributed by atoms with Gasteiger partial charge in [-0.2, -0.15) is 0 Å². The molecule has 0 radical (unpaired) electrons. The van der Waals surface area contributed by atoms with Crippen LogP contribution in [0.4, 0.5) is 0 Å². The first-order valence-corrected chi connectivity index (χ1v) is 19.9. The normalized spacial score (nSPS) is 11.6. The topological polar surface area (TPSA) is 63.6 Å². The van der Waals surface area contributed by atoms with Crippen LogP contribution in [-0.2, 0) is 14.3 Å². The Bertz CT molecular complexity index is 560. The fourth-order valence-electron chi connectivity index (χ4n) is 5.96. The van der Waals surface area contributed by atoms with Gasteiger partial charge in [-0.05, 0) is 26.2 Å². The van der Waals surface area contributed by atoms with Gasteiger partial charge >= 0.3 is 11.9 Å². The average Bonchev–Trinajstić information content (AvgIpc) is 3.01. The lowest BCUT2D eigenvalue weighted by Crippen LogP contribution is -2.12. The molecule has 0 aromatic heterocycles. The van der Waals surface area contributed by atoms with E-state index < -0.39 is 5.97 Å². The summed E-state index contributed by atoms with van der Waals surface area (Å²) >= 11 is 0. The standard InChI is InChI=1S/2C20H40O2/c1-3-5-6-7-8-9-10-11-12-13-14-15-16-17-18-19-20(21)22-4-2;1-3-5-6-7-8-9-10-11-12-13-14-15-16-17-18-19(4-2)20(21)22/h3-19H2,1-2H3;19H,3-18H2,1-2H3,(H,21,22). The Kier molecular flexibility index (Phi) is 40.9. The fourth-order valence-corrected chi connectivity index (χ4v) is 5.96. The molecule has 4 nitrogen and oxygen atoms in total. The molecule has 0 aromatic carbocycles. The summed E-state index contributed by atoms with van der Waals surface area (Å²) in [5.41, 5.74) is 0. The summed E-state index contributed by atoms with van der Waals surface area (Å²) in [4.78, 5) is 22.1. The number of rotatable bonds is 34. The monoisotopic (exact) mass is 625 g/mol. The summed E-state index contributed by atoms with van der Waals surface area (Å²) in [6.45, 7) is 8.90. The predicted molar refractivity (Wildman–Crippen MR) is 193 cm³/mol. The molecule has 44 heavy (non-hydrogen) atoms. The number of carbonyl (C=O) groups is 2. The van der Waals surface area contributed by atoms with Crippen molar-refractivity contribution in [2.24, 2.45) is 5.92 Å². The van der Waals surface area contributed by atoms with E-state index in [-0.39, 0.29) is 11.9 Å². The lowest BCUT2D eigenvalue weighted by Gasteiger charge is -2.08. The van der Waals surface area contributed by atoms with Gasteiger partial charge in [-0.3, -0.25) is 9.59 Å². The van der Waals surface area contributed by atoms with Gasteiger partial charge in [-0.1, -0.05) is 201 Å². The van der Waals surface area contributed by atoms with Crippen LogP contribution in [0.15, 0.2) is 0 Å². The lowest BCUT2D eigenvalue weighted by atomic mass is 9.98. The molecule has 0 amide bonds. The molecule has 0 aliphatic carbocycles. The first-order valence-electron chi connectivity index (χ1n) is 19.9. The van der Waals surface area contributed by atoms with Crippen molar-refractivity contribution in [3.8, 4) is 0 Å². The van der Waals surface area contributed by atoms with E-state index >= 15 is 0 Å². The van der Waals surface area contributed by atoms with E-state index in [0.29, 0.717) is 13.0 Å². The maximum absolute atomic E-state index is 11.2. The minimum absolute atomic E-state index is 0.0304. The maximum Gasteiger partial charge on any atom is 0.306 e. The van der Waals surface area contributed by atoms with E-state index in [1.54, 1.807) is 0 Å². The largest absolute Gasteiger partial charge is 0.481 e. The zero-order valence-electron chi connectivity index (χ0n) is 30.6. The predicted octanol–water partition coefficient (Wildman–Crippen LogP) is 13.8. The van der Waals surface area contributed by atoms with Crippen molar-refractivity contribution in [1.82, 2.24) is 0 Å². The SMILES string of the molecule is CCCCCCCCCCCCCCCCC(CC)C(=O)O.CCCCCCCCCCCCCCCCCC(=O)OCC. The molecule has 0 spiro atoms. The number of hydrogen-bond donors (Lipinski definition) is 1. The van der Waals surface area contributed by atoms with Crippen LogP contribution < -0.4 is 0 Å². The van der Waals surface area contributed by atoms with Crippen LogP contribution in [0.25, 0.3) is 0 Å². The summed E-state index contributed by atoms with van der Waals surface area (Å²) in [7, 11) is 0. The highest BCUT2D eigenvalue weighted by atomic mass is 16.5. The molecule has 0 heterocycles. The molecule has 1 atom stereocenters. The number of carbonyl (C=O) groups excluding carboxylic acids is 1. The Hall–Kier alpha value is -1.06. The molecule has 0 rings (SSSR count). The van der Waals surface area contributed by atoms with Crippen LogP contribution in [-0.4, -0.2) is 23.7 Å². The van der Waals surface area contributed by atoms with Crippen LogP contribution in [0, 0.1) is 5.92 Å². The summed E-state index contributed by atoms with van der Waals surface area (Å²) in [5, 5.41) is 8.98. The van der Waals surface area contributed by atoms with E-state index in [1.165, 1.54) is 173 Å². The molecule has 0 saturated heterocycles. The van der Waals surface area contributed by atoms with E-state index in [2.05, 4.69) is 13.8 Å². The molecule has 0 aliphatic heterocycles. The first-order chi connectivity index (χ1) is 21.5. The van der Waals surface area contributed by atoms with E-state index in [4.69, 9.17) is 9.84 Å². The van der Waals surface area contributed by atoms with Gasteiger partial charge in [0.25, 0.3) is 0 Å². The molecule has 0 saturated carbocycles. The number of ether oxygens (including phenoxy) is 1. The van der Waals surface area contributed by atoms with Gasteiger partial charge in [0.15, 0.2) is 0 Å². The van der Waals surface area contributed by atoms with Gasteiger partial charge < -0.3 is 9.84 Å². The molecular formula is C40H80O4. The Morgan fingerprint density at radius 2 is 0.750 bits per heavy atom. The highest BCUT2D eigenvalue weighted by Crippen LogP contribution is 2.17. The van der Waals surface area contributed by atoms with Gasteiger partial charge in [0, 0.05) is 6.42 Å². The highest BCUT2D eigenvalue weighted by Gasteiger charge is 2.13. The summed E-state index contributed by atoms with van der Waals surface area (Å²) in [6, 6.07) is 0. The molecule has 4 heteroatoms. The molecule has 0 fully saturated rings. The maximum atomic E-state index is 11.2. The van der Waals surface area contributed by atoms with Gasteiger partial charge in [0.05, 0.1) is 12.5 Å². The van der Waals surface area contributed by atoms with Gasteiger partial charge in [0.1, 0.15) is 0 Å². The van der Waals surface area contributed by atoms with E-state index in [9.17, 15) is 9.59 Å². The number of aliphatic carboxylic acids is 1. The zero-order chi connectivity index (χ0) is 32.8. The number of unbranched alkanes of at least 4 members (excludes halogenated alkanes) is 27. The Labute approximate surface area is 276 Å². The van der Waals surface area contributed by atoms with Crippen molar-refractivity contribution >= 4 is 11.9 Å². The third-order valence-corrected chi connectivity index (χ3v) is 9.04. The minimum atomic E-state index is -0.614. The van der Waals surface area contributed by atoms with Crippen molar-refractivity contribution in [2.45, 2.75) is 233 Å². The second-order valence-corrected chi connectivity index (χ2v) is 13.3. The number of hydrogen-bond acceptors (Lipinski definition) is 3. The number of carboxylic acids is 1. The number of esters is 1. The molecule has 264 valence electrons. The lowest BCUT2D eigenvalue weighted by molar-refractivity contribution is -0.143. The average molecular weight is 625 g/mol. The van der Waals surface area contributed by atoms with Crippen molar-refractivity contribution in [2.75, 3.05) is 6.61 Å². The Morgan fingerprint density at radius 1 is 0.455 bits per heavy atom. The zero-order valence-corrected chi connectivity index (χ0v) is 30.6. The third kappa shape index (κ3) is 39.0. The van der Waals surface area contributed by atoms with Gasteiger partial charge in [0.2, 0.25) is 0 Å². The van der Waals surface area contributed by atoms with Crippen molar-refractivity contribution in [3.63, 3.8) is 0 Å². The summed E-state index contributed by atoms with van der Waals surface area (Å²) in [6.07, 6.45) is 41.6. The molecule has 0 aliphatic rings. The van der Waals surface area contributed by atoms with Crippen LogP contribution in [0.5, 0.6) is 0 Å². The second-order valence-electron chi connectivity index (χ2n) is 13.3. The Morgan fingerprint density at radius 3 is 1.02 bits per heavy atom. The third-order valence-electron chi connectivity index (χ3n) is 9.04. The first kappa shape index (κ1) is 45.1. The smallest absolute Gasteiger partial charge is 0.306 e. The van der Waals surface area contributed by atoms with Crippen LogP contribution in [0.3, 0.4) is 0 Å². The van der Waals surface area contributed by atoms with E-state index in [1.807, 2.05) is 13.8 Å². The Balaban J connectivity index is 0. The van der Waals surface area contributed by atoms with Crippen molar-refractivity contribution in [3.05, 3.63) is 0 Å². The van der Waals surface area contributed by atoms with Crippen LogP contribution in [0.1, 0.15) is 233 Å². The number of carboxylic acid groups (broad SMARTS) is 1. The quantitative estimate of drug-likeness (QED) is 0.0571. The minimum Gasteiger partial charge on any atom is -0.481 e. The van der Waals surface area contributed by atoms with Gasteiger partial charge in [-0.15, -0.1) is 0 Å². The van der Waals surface area contributed by atoms with Crippen LogP contribution >= 0.6 is 0 Å². The van der Waals surface area contributed by atoms with E-state index in [0.717, 1.165) is 25.7 Å². The fraction of sp³-hybridized carbons (Fsp3) is 0.950. The second kappa shape index (κ2) is 40.0.